The lowest BCUT2D eigenvalue weighted by Crippen LogP contribution is -2.50. The number of esters is 2. The largest absolute Gasteiger partial charge is 0.477 e. The summed E-state index contributed by atoms with van der Waals surface area (Å²) in [6.45, 7) is 4.46. The fraction of sp³-hybridized carbons (Fsp3) is 0.597. The van der Waals surface area contributed by atoms with Gasteiger partial charge in [0.1, 0.15) is 6.61 Å². The van der Waals surface area contributed by atoms with Gasteiger partial charge in [-0.25, -0.2) is 4.79 Å². The molecular formula is C62H100NO7+. The Morgan fingerprint density at radius 2 is 0.757 bits per heavy atom. The zero-order valence-corrected chi connectivity index (χ0v) is 44.9. The van der Waals surface area contributed by atoms with E-state index in [1.54, 1.807) is 0 Å². The number of unbranched alkanes of at least 4 members (excludes halogenated alkanes) is 11. The van der Waals surface area contributed by atoms with E-state index in [1.807, 2.05) is 21.1 Å². The smallest absolute Gasteiger partial charge is 0.362 e. The van der Waals surface area contributed by atoms with Crippen LogP contribution in [0.4, 0.5) is 0 Å². The third-order valence-corrected chi connectivity index (χ3v) is 11.3. The summed E-state index contributed by atoms with van der Waals surface area (Å²) in [4.78, 5) is 37.3. The van der Waals surface area contributed by atoms with Crippen LogP contribution in [0, 0.1) is 0 Å². The first-order valence-corrected chi connectivity index (χ1v) is 27.2. The predicted molar refractivity (Wildman–Crippen MR) is 298 cm³/mol. The van der Waals surface area contributed by atoms with E-state index in [2.05, 4.69) is 148 Å². The van der Waals surface area contributed by atoms with Crippen LogP contribution in [-0.4, -0.2) is 80.6 Å². The molecule has 0 aliphatic heterocycles. The van der Waals surface area contributed by atoms with Gasteiger partial charge in [-0.3, -0.25) is 9.59 Å². The Labute approximate surface area is 428 Å². The van der Waals surface area contributed by atoms with Gasteiger partial charge >= 0.3 is 17.9 Å². The highest BCUT2D eigenvalue weighted by Gasteiger charge is 2.31. The third-order valence-electron chi connectivity index (χ3n) is 11.3. The minimum atomic E-state index is -0.886. The van der Waals surface area contributed by atoms with Crippen LogP contribution in [0.5, 0.6) is 0 Å². The van der Waals surface area contributed by atoms with Crippen molar-refractivity contribution in [2.75, 3.05) is 41.0 Å². The number of likely N-dealkylation sites (N-methyl/N-ethyl adjacent to an activating group) is 1. The van der Waals surface area contributed by atoms with Gasteiger partial charge in [0.2, 0.25) is 0 Å². The summed E-state index contributed by atoms with van der Waals surface area (Å²) < 4.78 is 17.3. The van der Waals surface area contributed by atoms with E-state index < -0.39 is 18.1 Å². The van der Waals surface area contributed by atoms with E-state index in [1.165, 1.54) is 19.3 Å². The van der Waals surface area contributed by atoms with Crippen molar-refractivity contribution in [2.24, 2.45) is 0 Å². The first-order chi connectivity index (χ1) is 34.1. The van der Waals surface area contributed by atoms with E-state index in [0.717, 1.165) is 135 Å². The molecule has 0 spiro atoms. The Balaban J connectivity index is 4.33. The van der Waals surface area contributed by atoms with Crippen LogP contribution in [0.2, 0.25) is 0 Å². The Morgan fingerprint density at radius 3 is 1.11 bits per heavy atom. The van der Waals surface area contributed by atoms with Crippen LogP contribution in [0.15, 0.2) is 134 Å². The molecule has 0 saturated heterocycles. The number of carboxylic acids is 1. The molecule has 0 aromatic heterocycles. The molecule has 0 aliphatic carbocycles. The highest BCUT2D eigenvalue weighted by molar-refractivity contribution is 5.72. The molecule has 8 heteroatoms. The number of hydrogen-bond donors (Lipinski definition) is 1. The summed E-state index contributed by atoms with van der Waals surface area (Å²) in [6.07, 6.45) is 73.6. The summed E-state index contributed by atoms with van der Waals surface area (Å²) in [7, 11) is 5.51. The fourth-order valence-corrected chi connectivity index (χ4v) is 7.18. The average molecular weight is 971 g/mol. The lowest BCUT2D eigenvalue weighted by molar-refractivity contribution is -0.887. The van der Waals surface area contributed by atoms with Gasteiger partial charge in [0.15, 0.2) is 12.1 Å². The van der Waals surface area contributed by atoms with Gasteiger partial charge in [0.25, 0.3) is 0 Å². The number of rotatable bonds is 47. The fourth-order valence-electron chi connectivity index (χ4n) is 7.18. The van der Waals surface area contributed by atoms with Crippen LogP contribution in [0.25, 0.3) is 0 Å². The number of allylic oxidation sites excluding steroid dienone is 22. The number of carbonyl (C=O) groups excluding carboxylic acids is 2. The highest BCUT2D eigenvalue weighted by atomic mass is 16.6. The lowest BCUT2D eigenvalue weighted by atomic mass is 10.1. The second kappa shape index (κ2) is 50.8. The number of quaternary nitrogens is 1. The van der Waals surface area contributed by atoms with Crippen molar-refractivity contribution in [1.82, 2.24) is 0 Å². The van der Waals surface area contributed by atoms with Gasteiger partial charge in [-0.1, -0.05) is 192 Å². The quantitative estimate of drug-likeness (QED) is 0.0281. The molecule has 0 rings (SSSR count). The molecule has 0 amide bonds. The first kappa shape index (κ1) is 65.5. The van der Waals surface area contributed by atoms with Crippen LogP contribution in [0.3, 0.4) is 0 Å². The Hall–Kier alpha value is -4.53. The molecule has 70 heavy (non-hydrogen) atoms. The number of nitrogens with zero attached hydrogens (tertiary/aromatic N) is 1. The van der Waals surface area contributed by atoms with Gasteiger partial charge in [-0.2, -0.15) is 0 Å². The standard InChI is InChI=1S/C62H99NO7/c1-6-8-10-12-14-16-18-20-22-24-26-28-30-32-34-36-38-40-42-44-46-48-50-52-60(64)69-57-58(56-68-55-54-59(62(66)67)63(3,4)5)70-61(65)53-51-49-47-45-43-41-39-37-35-33-31-29-27-25-23-21-19-17-15-13-11-9-7-2/h8-11,14-17,20-23,26-29,32-35,39,41,58-59H,6-7,12-13,18-19,24-25,30-31,36-38,40,42-57H2,1-5H3/p+1/b10-8+,11-9+,16-14+,17-15+,22-20+,23-21+,28-26+,29-27+,34-32+,35-33+,41-39+. The number of carboxylic acid groups (broad SMARTS) is 1. The van der Waals surface area contributed by atoms with E-state index in [-0.39, 0.29) is 42.7 Å². The Bertz CT molecular complexity index is 1600. The van der Waals surface area contributed by atoms with Gasteiger partial charge < -0.3 is 23.8 Å². The van der Waals surface area contributed by atoms with Crippen molar-refractivity contribution in [3.63, 3.8) is 0 Å². The number of carbonyl (C=O) groups is 3. The molecule has 0 fully saturated rings. The van der Waals surface area contributed by atoms with Crippen molar-refractivity contribution < 1.29 is 38.2 Å². The third kappa shape index (κ3) is 48.5. The highest BCUT2D eigenvalue weighted by Crippen LogP contribution is 2.13. The molecule has 394 valence electrons. The van der Waals surface area contributed by atoms with E-state index in [0.29, 0.717) is 12.8 Å². The summed E-state index contributed by atoms with van der Waals surface area (Å²) in [6, 6.07) is -0.632. The normalized spacial score (nSPS) is 13.9. The van der Waals surface area contributed by atoms with Crippen LogP contribution in [-0.2, 0) is 28.6 Å². The minimum Gasteiger partial charge on any atom is -0.477 e. The summed E-state index contributed by atoms with van der Waals surface area (Å²) >= 11 is 0. The van der Waals surface area contributed by atoms with Crippen molar-refractivity contribution >= 4 is 17.9 Å². The lowest BCUT2D eigenvalue weighted by Gasteiger charge is -2.31. The Kier molecular flexibility index (Phi) is 47.6. The summed E-state index contributed by atoms with van der Waals surface area (Å²) in [5, 5.41) is 9.67. The second-order valence-corrected chi connectivity index (χ2v) is 18.7. The molecule has 1 N–H and O–H groups in total. The molecular weight excluding hydrogens is 871 g/mol. The number of hydrogen-bond acceptors (Lipinski definition) is 6. The van der Waals surface area contributed by atoms with Crippen molar-refractivity contribution in [3.8, 4) is 0 Å². The maximum absolute atomic E-state index is 12.8. The van der Waals surface area contributed by atoms with Gasteiger partial charge in [0, 0.05) is 19.3 Å². The zero-order valence-electron chi connectivity index (χ0n) is 44.9. The van der Waals surface area contributed by atoms with E-state index >= 15 is 0 Å². The molecule has 0 aliphatic rings. The van der Waals surface area contributed by atoms with Crippen molar-refractivity contribution in [3.05, 3.63) is 134 Å². The number of aliphatic carboxylic acids is 1. The molecule has 2 atom stereocenters. The summed E-state index contributed by atoms with van der Waals surface area (Å²) in [5.74, 6) is -1.53. The SMILES string of the molecule is CC/C=C/C/C=C/C/C=C/C/C=C/C/C=C/C/C=C/CCCCCCC(=O)OC(COCCC(C(=O)O)[N+](C)(C)C)COC(=O)CCCCCCCCC/C=C/C/C=C/C/C=C/C/C=C/C/C=C/CC. The minimum absolute atomic E-state index is 0.0372. The molecule has 0 heterocycles. The molecule has 0 aromatic carbocycles. The van der Waals surface area contributed by atoms with E-state index in [4.69, 9.17) is 14.2 Å². The maximum Gasteiger partial charge on any atom is 0.362 e. The van der Waals surface area contributed by atoms with Gasteiger partial charge in [-0.05, 0) is 109 Å². The maximum atomic E-state index is 12.8. The average Bonchev–Trinajstić information content (AvgIpc) is 3.33. The number of ether oxygens (including phenoxy) is 3. The zero-order chi connectivity index (χ0) is 51.3. The Morgan fingerprint density at radius 1 is 0.429 bits per heavy atom. The van der Waals surface area contributed by atoms with Crippen LogP contribution >= 0.6 is 0 Å². The van der Waals surface area contributed by atoms with Crippen LogP contribution < -0.4 is 0 Å². The van der Waals surface area contributed by atoms with Gasteiger partial charge in [-0.15, -0.1) is 0 Å². The molecule has 0 radical (unpaired) electrons. The van der Waals surface area contributed by atoms with E-state index in [9.17, 15) is 19.5 Å². The first-order valence-electron chi connectivity index (χ1n) is 27.2. The predicted octanol–water partition coefficient (Wildman–Crippen LogP) is 16.3. The van der Waals surface area contributed by atoms with Gasteiger partial charge in [0.05, 0.1) is 34.4 Å². The summed E-state index contributed by atoms with van der Waals surface area (Å²) in [5.41, 5.74) is 0. The van der Waals surface area contributed by atoms with Crippen molar-refractivity contribution in [2.45, 2.75) is 199 Å². The molecule has 0 aromatic rings. The van der Waals surface area contributed by atoms with Crippen LogP contribution in [0.1, 0.15) is 187 Å². The molecule has 2 unspecified atom stereocenters. The molecule has 0 saturated carbocycles. The van der Waals surface area contributed by atoms with Crippen molar-refractivity contribution in [1.29, 1.82) is 0 Å². The molecule has 0 bridgehead atoms. The molecule has 8 nitrogen and oxygen atoms in total. The monoisotopic (exact) mass is 971 g/mol. The topological polar surface area (TPSA) is 99.1 Å². The second-order valence-electron chi connectivity index (χ2n) is 18.7.